The lowest BCUT2D eigenvalue weighted by atomic mass is 10.1. The maximum absolute atomic E-state index is 3.79. The van der Waals surface area contributed by atoms with Gasteiger partial charge in [-0.2, -0.15) is 0 Å². The van der Waals surface area contributed by atoms with Crippen molar-refractivity contribution in [1.29, 1.82) is 0 Å². The highest BCUT2D eigenvalue weighted by molar-refractivity contribution is 7.26. The molecule has 2 heterocycles. The van der Waals surface area contributed by atoms with Crippen LogP contribution in [-0.2, 0) is 0 Å². The molecule has 0 saturated heterocycles. The van der Waals surface area contributed by atoms with Gasteiger partial charge in [-0.15, -0.1) is 11.3 Å². The van der Waals surface area contributed by atoms with E-state index in [-0.39, 0.29) is 0 Å². The molecule has 0 fully saturated rings. The standard InChI is InChI=1S/C25H19NS.C7H9N.C7H8/c1-3-8-17(2)15-16-26-20-11-6-4-9-18(20)24-21(26)13-14-23-25(24)19-10-5-7-12-22(19)27-23;1-8-7-5-3-2-4-6-7;1-7-5-3-2-4-6-7/h3-16H,1H2,2H3;2-6,8H,1H3;2-6H,1H3/b16-15-,17-8-;;. The largest absolute Gasteiger partial charge is 0.388 e. The maximum atomic E-state index is 3.79. The van der Waals surface area contributed by atoms with Crippen molar-refractivity contribution in [2.75, 3.05) is 12.4 Å². The summed E-state index contributed by atoms with van der Waals surface area (Å²) in [5, 5.41) is 8.39. The molecule has 0 unspecified atom stereocenters. The molecule has 5 aromatic carbocycles. The number of rotatable bonds is 4. The first-order valence-electron chi connectivity index (χ1n) is 14.2. The number of para-hydroxylation sites is 2. The Morgan fingerprint density at radius 3 is 1.98 bits per heavy atom. The summed E-state index contributed by atoms with van der Waals surface area (Å²) >= 11 is 1.87. The van der Waals surface area contributed by atoms with E-state index in [0.29, 0.717) is 0 Å². The first kappa shape index (κ1) is 28.7. The number of anilines is 1. The number of nitrogens with zero attached hydrogens (tertiary/aromatic N) is 1. The number of hydrogen-bond acceptors (Lipinski definition) is 2. The summed E-state index contributed by atoms with van der Waals surface area (Å²) in [5.74, 6) is 0. The molecule has 7 rings (SSSR count). The Labute approximate surface area is 252 Å². The van der Waals surface area contributed by atoms with Crippen molar-refractivity contribution >= 4 is 65.2 Å². The van der Waals surface area contributed by atoms with Crippen LogP contribution in [0.5, 0.6) is 0 Å². The monoisotopic (exact) mass is 564 g/mol. The maximum Gasteiger partial charge on any atom is 0.0542 e. The van der Waals surface area contributed by atoms with Crippen molar-refractivity contribution in [3.63, 3.8) is 0 Å². The molecule has 42 heavy (non-hydrogen) atoms. The summed E-state index contributed by atoms with van der Waals surface area (Å²) < 4.78 is 4.99. The summed E-state index contributed by atoms with van der Waals surface area (Å²) in [6.07, 6.45) is 8.16. The number of aromatic nitrogens is 1. The smallest absolute Gasteiger partial charge is 0.0542 e. The molecule has 2 nitrogen and oxygen atoms in total. The normalized spacial score (nSPS) is 11.4. The Kier molecular flexibility index (Phi) is 9.33. The first-order valence-corrected chi connectivity index (χ1v) is 15.0. The molecule has 0 amide bonds. The van der Waals surface area contributed by atoms with Crippen molar-refractivity contribution in [2.24, 2.45) is 0 Å². The molecule has 2 aromatic heterocycles. The van der Waals surface area contributed by atoms with Crippen molar-refractivity contribution in [1.82, 2.24) is 4.57 Å². The predicted octanol–water partition coefficient (Wildman–Crippen LogP) is 11.5. The molecule has 0 aliphatic heterocycles. The van der Waals surface area contributed by atoms with Crippen LogP contribution in [-0.4, -0.2) is 11.6 Å². The summed E-state index contributed by atoms with van der Waals surface area (Å²) in [6, 6.07) is 42.2. The van der Waals surface area contributed by atoms with Gasteiger partial charge in [-0.25, -0.2) is 0 Å². The minimum Gasteiger partial charge on any atom is -0.388 e. The zero-order valence-corrected chi connectivity index (χ0v) is 25.2. The Morgan fingerprint density at radius 2 is 1.33 bits per heavy atom. The average Bonchev–Trinajstić information content (AvgIpc) is 3.57. The van der Waals surface area contributed by atoms with Gasteiger partial charge in [0, 0.05) is 49.9 Å². The van der Waals surface area contributed by atoms with Gasteiger partial charge in [0.2, 0.25) is 0 Å². The van der Waals surface area contributed by atoms with Crippen molar-refractivity contribution < 1.29 is 0 Å². The zero-order chi connectivity index (χ0) is 29.3. The van der Waals surface area contributed by atoms with E-state index in [4.69, 9.17) is 0 Å². The number of thiophene rings is 1. The summed E-state index contributed by atoms with van der Waals surface area (Å²) in [4.78, 5) is 0. The molecule has 0 spiro atoms. The van der Waals surface area contributed by atoms with Crippen LogP contribution >= 0.6 is 11.3 Å². The average molecular weight is 565 g/mol. The van der Waals surface area contributed by atoms with E-state index >= 15 is 0 Å². The van der Waals surface area contributed by atoms with E-state index in [1.807, 2.05) is 79.1 Å². The Bertz CT molecular complexity index is 1990. The molecule has 0 bridgehead atoms. The molecule has 0 aliphatic rings. The fourth-order valence-corrected chi connectivity index (χ4v) is 6.15. The van der Waals surface area contributed by atoms with Gasteiger partial charge < -0.3 is 9.88 Å². The number of benzene rings is 5. The fraction of sp³-hybridized carbons (Fsp3) is 0.0769. The van der Waals surface area contributed by atoms with Crippen LogP contribution in [0.4, 0.5) is 5.69 Å². The third-order valence-corrected chi connectivity index (χ3v) is 8.22. The number of fused-ring (bicyclic) bond motifs is 7. The van der Waals surface area contributed by atoms with Crippen LogP contribution in [0.15, 0.2) is 152 Å². The second kappa shape index (κ2) is 13.7. The van der Waals surface area contributed by atoms with E-state index in [9.17, 15) is 0 Å². The van der Waals surface area contributed by atoms with E-state index in [1.165, 1.54) is 53.1 Å². The number of aryl methyl sites for hydroxylation is 1. The molecule has 7 aromatic rings. The molecular weight excluding hydrogens is 529 g/mol. The summed E-state index contributed by atoms with van der Waals surface area (Å²) in [6.45, 7) is 7.96. The van der Waals surface area contributed by atoms with E-state index < -0.39 is 0 Å². The molecule has 0 aliphatic carbocycles. The van der Waals surface area contributed by atoms with Crippen LogP contribution in [0.2, 0.25) is 0 Å². The van der Waals surface area contributed by atoms with Gasteiger partial charge in [0.15, 0.2) is 0 Å². The Balaban J connectivity index is 0.000000192. The lowest BCUT2D eigenvalue weighted by Crippen LogP contribution is -1.85. The van der Waals surface area contributed by atoms with Crippen molar-refractivity contribution in [3.05, 3.63) is 157 Å². The van der Waals surface area contributed by atoms with Crippen LogP contribution in [0.1, 0.15) is 12.5 Å². The minimum atomic E-state index is 1.16. The predicted molar refractivity (Wildman–Crippen MR) is 189 cm³/mol. The topological polar surface area (TPSA) is 17.0 Å². The second-order valence-electron chi connectivity index (χ2n) is 10.1. The third kappa shape index (κ3) is 6.38. The highest BCUT2D eigenvalue weighted by Gasteiger charge is 2.15. The van der Waals surface area contributed by atoms with Gasteiger partial charge in [-0.3, -0.25) is 0 Å². The van der Waals surface area contributed by atoms with E-state index in [2.05, 4.69) is 115 Å². The molecule has 0 atom stereocenters. The molecule has 3 heteroatoms. The summed E-state index contributed by atoms with van der Waals surface area (Å²) in [5.41, 5.74) is 6.14. The Morgan fingerprint density at radius 1 is 0.690 bits per heavy atom. The molecule has 0 radical (unpaired) electrons. The number of allylic oxidation sites excluding steroid dienone is 4. The van der Waals surface area contributed by atoms with Gasteiger partial charge in [0.1, 0.15) is 0 Å². The van der Waals surface area contributed by atoms with Crippen molar-refractivity contribution in [2.45, 2.75) is 13.8 Å². The van der Waals surface area contributed by atoms with Gasteiger partial charge in [-0.05, 0) is 61.9 Å². The van der Waals surface area contributed by atoms with Crippen LogP contribution in [0, 0.1) is 6.92 Å². The highest BCUT2D eigenvalue weighted by Crippen LogP contribution is 2.42. The van der Waals surface area contributed by atoms with E-state index in [1.54, 1.807) is 0 Å². The minimum absolute atomic E-state index is 1.16. The molecular formula is C39H36N2S. The van der Waals surface area contributed by atoms with Crippen LogP contribution in [0.3, 0.4) is 0 Å². The Hall–Kier alpha value is -4.86. The van der Waals surface area contributed by atoms with Crippen LogP contribution < -0.4 is 5.32 Å². The van der Waals surface area contributed by atoms with E-state index in [0.717, 1.165) is 5.69 Å². The lowest BCUT2D eigenvalue weighted by Gasteiger charge is -2.01. The summed E-state index contributed by atoms with van der Waals surface area (Å²) in [7, 11) is 1.91. The quantitative estimate of drug-likeness (QED) is 0.210. The first-order chi connectivity index (χ1) is 20.6. The SMILES string of the molecule is C=C/C=C(C)\C=C/n1c2ccccc2c2c3c(ccc21)sc1ccccc13.CNc1ccccc1.Cc1ccccc1. The van der Waals surface area contributed by atoms with Gasteiger partial charge in [0.05, 0.1) is 11.0 Å². The van der Waals surface area contributed by atoms with Crippen molar-refractivity contribution in [3.8, 4) is 0 Å². The fourth-order valence-electron chi connectivity index (χ4n) is 5.04. The number of hydrogen-bond donors (Lipinski definition) is 1. The molecule has 208 valence electrons. The third-order valence-electron chi connectivity index (χ3n) is 7.08. The number of nitrogens with one attached hydrogen (secondary N) is 1. The molecule has 0 saturated carbocycles. The van der Waals surface area contributed by atoms with Gasteiger partial charge >= 0.3 is 0 Å². The van der Waals surface area contributed by atoms with Gasteiger partial charge in [-0.1, -0.05) is 109 Å². The van der Waals surface area contributed by atoms with Crippen LogP contribution in [0.25, 0.3) is 48.2 Å². The van der Waals surface area contributed by atoms with Gasteiger partial charge in [0.25, 0.3) is 0 Å². The lowest BCUT2D eigenvalue weighted by molar-refractivity contribution is 1.28. The molecule has 1 N–H and O–H groups in total. The second-order valence-corrected chi connectivity index (χ2v) is 11.1. The zero-order valence-electron chi connectivity index (χ0n) is 24.4. The highest BCUT2D eigenvalue weighted by atomic mass is 32.1.